The van der Waals surface area contributed by atoms with Gasteiger partial charge in [0.05, 0.1) is 12.8 Å². The summed E-state index contributed by atoms with van der Waals surface area (Å²) in [5.74, 6) is 0.810. The molecule has 0 aliphatic carbocycles. The Labute approximate surface area is 129 Å². The number of hydrogen-bond donors (Lipinski definition) is 2. The highest BCUT2D eigenvalue weighted by atomic mass is 32.1. The quantitative estimate of drug-likeness (QED) is 0.489. The molecule has 0 aromatic heterocycles. The SMILES string of the molecule is NC(=S)N/N=C/c1cccc(OCCc2ccccc2)c1. The van der Waals surface area contributed by atoms with Crippen molar-refractivity contribution < 1.29 is 4.74 Å². The smallest absolute Gasteiger partial charge is 0.184 e. The maximum Gasteiger partial charge on any atom is 0.184 e. The summed E-state index contributed by atoms with van der Waals surface area (Å²) in [4.78, 5) is 0. The monoisotopic (exact) mass is 299 g/mol. The number of thiocarbonyl (C=S) groups is 1. The Bertz CT molecular complexity index is 614. The van der Waals surface area contributed by atoms with Gasteiger partial charge in [-0.15, -0.1) is 0 Å². The molecular weight excluding hydrogens is 282 g/mol. The van der Waals surface area contributed by atoms with E-state index in [0.29, 0.717) is 6.61 Å². The molecule has 0 bridgehead atoms. The molecular formula is C16H17N3OS. The number of hydrazone groups is 1. The van der Waals surface area contributed by atoms with Crippen molar-refractivity contribution >= 4 is 23.5 Å². The minimum atomic E-state index is 0.140. The summed E-state index contributed by atoms with van der Waals surface area (Å²) in [6, 6.07) is 17.9. The third-order valence-electron chi connectivity index (χ3n) is 2.75. The Hall–Kier alpha value is -2.40. The highest BCUT2D eigenvalue weighted by Gasteiger charge is 1.97. The largest absolute Gasteiger partial charge is 0.493 e. The van der Waals surface area contributed by atoms with Gasteiger partial charge in [0.2, 0.25) is 0 Å². The van der Waals surface area contributed by atoms with Gasteiger partial charge in [0, 0.05) is 6.42 Å². The molecule has 4 nitrogen and oxygen atoms in total. The summed E-state index contributed by atoms with van der Waals surface area (Å²) in [5, 5.41) is 4.05. The summed E-state index contributed by atoms with van der Waals surface area (Å²) >= 11 is 4.67. The van der Waals surface area contributed by atoms with Crippen molar-refractivity contribution in [2.45, 2.75) is 6.42 Å². The molecule has 0 heterocycles. The first-order valence-corrected chi connectivity index (χ1v) is 7.00. The Balaban J connectivity index is 1.86. The van der Waals surface area contributed by atoms with Crippen LogP contribution >= 0.6 is 12.2 Å². The number of rotatable bonds is 6. The van der Waals surface area contributed by atoms with Crippen molar-refractivity contribution in [1.29, 1.82) is 0 Å². The summed E-state index contributed by atoms with van der Waals surface area (Å²) in [5.41, 5.74) is 9.98. The zero-order valence-electron chi connectivity index (χ0n) is 11.5. The van der Waals surface area contributed by atoms with Gasteiger partial charge in [-0.3, -0.25) is 5.43 Å². The van der Waals surface area contributed by atoms with E-state index in [-0.39, 0.29) is 5.11 Å². The van der Waals surface area contributed by atoms with Crippen LogP contribution in [0.3, 0.4) is 0 Å². The lowest BCUT2D eigenvalue weighted by atomic mass is 10.2. The second-order valence-corrected chi connectivity index (χ2v) is 4.83. The van der Waals surface area contributed by atoms with Crippen molar-refractivity contribution in [3.05, 3.63) is 65.7 Å². The predicted octanol–water partition coefficient (Wildman–Crippen LogP) is 2.48. The highest BCUT2D eigenvalue weighted by Crippen LogP contribution is 2.12. The number of benzene rings is 2. The normalized spacial score (nSPS) is 10.5. The van der Waals surface area contributed by atoms with E-state index in [2.05, 4.69) is 34.9 Å². The van der Waals surface area contributed by atoms with Crippen LogP contribution in [0.5, 0.6) is 5.75 Å². The average molecular weight is 299 g/mol. The summed E-state index contributed by atoms with van der Waals surface area (Å²) < 4.78 is 5.75. The number of hydrogen-bond acceptors (Lipinski definition) is 3. The molecule has 0 atom stereocenters. The molecule has 0 amide bonds. The van der Waals surface area contributed by atoms with Crippen molar-refractivity contribution in [2.75, 3.05) is 6.61 Å². The fraction of sp³-hybridized carbons (Fsp3) is 0.125. The highest BCUT2D eigenvalue weighted by molar-refractivity contribution is 7.80. The molecule has 108 valence electrons. The lowest BCUT2D eigenvalue weighted by Gasteiger charge is -2.06. The third-order valence-corrected chi connectivity index (χ3v) is 2.84. The van der Waals surface area contributed by atoms with Gasteiger partial charge < -0.3 is 10.5 Å². The molecule has 2 aromatic carbocycles. The number of nitrogens with one attached hydrogen (secondary N) is 1. The van der Waals surface area contributed by atoms with E-state index in [1.807, 2.05) is 42.5 Å². The zero-order valence-corrected chi connectivity index (χ0v) is 12.3. The first kappa shape index (κ1) is 15.0. The molecule has 2 rings (SSSR count). The molecule has 3 N–H and O–H groups in total. The molecule has 2 aromatic rings. The van der Waals surface area contributed by atoms with Gasteiger partial charge in [0.25, 0.3) is 0 Å². The van der Waals surface area contributed by atoms with Crippen LogP contribution in [0.2, 0.25) is 0 Å². The fourth-order valence-electron chi connectivity index (χ4n) is 1.79. The van der Waals surface area contributed by atoms with Gasteiger partial charge in [-0.25, -0.2) is 0 Å². The van der Waals surface area contributed by atoms with Crippen LogP contribution in [0.4, 0.5) is 0 Å². The van der Waals surface area contributed by atoms with E-state index in [1.54, 1.807) is 6.21 Å². The number of nitrogens with two attached hydrogens (primary N) is 1. The molecule has 0 saturated carbocycles. The van der Waals surface area contributed by atoms with E-state index in [4.69, 9.17) is 10.5 Å². The fourth-order valence-corrected chi connectivity index (χ4v) is 1.84. The van der Waals surface area contributed by atoms with Gasteiger partial charge in [-0.2, -0.15) is 5.10 Å². The van der Waals surface area contributed by atoms with Gasteiger partial charge in [0.1, 0.15) is 5.75 Å². The Morgan fingerprint density at radius 3 is 2.76 bits per heavy atom. The lowest BCUT2D eigenvalue weighted by Crippen LogP contribution is -2.23. The van der Waals surface area contributed by atoms with E-state index in [1.165, 1.54) is 5.56 Å². The van der Waals surface area contributed by atoms with Crippen LogP contribution in [-0.4, -0.2) is 17.9 Å². The maximum absolute atomic E-state index is 5.75. The van der Waals surface area contributed by atoms with Crippen molar-refractivity contribution in [1.82, 2.24) is 5.43 Å². The summed E-state index contributed by atoms with van der Waals surface area (Å²) in [7, 11) is 0. The molecule has 21 heavy (non-hydrogen) atoms. The number of ether oxygens (including phenoxy) is 1. The van der Waals surface area contributed by atoms with Crippen molar-refractivity contribution in [2.24, 2.45) is 10.8 Å². The standard InChI is InChI=1S/C16H17N3OS/c17-16(21)19-18-12-14-7-4-8-15(11-14)20-10-9-13-5-2-1-3-6-13/h1-8,11-12H,9-10H2,(H3,17,19,21)/b18-12+. The average Bonchev–Trinajstić information content (AvgIpc) is 2.48. The molecule has 0 saturated heterocycles. The van der Waals surface area contributed by atoms with Crippen LogP contribution < -0.4 is 15.9 Å². The van der Waals surface area contributed by atoms with Crippen LogP contribution in [-0.2, 0) is 6.42 Å². The van der Waals surface area contributed by atoms with Gasteiger partial charge >= 0.3 is 0 Å². The summed E-state index contributed by atoms with van der Waals surface area (Å²) in [6.45, 7) is 0.635. The second-order valence-electron chi connectivity index (χ2n) is 4.39. The van der Waals surface area contributed by atoms with Crippen LogP contribution in [0.1, 0.15) is 11.1 Å². The second kappa shape index (κ2) is 8.01. The summed E-state index contributed by atoms with van der Waals surface area (Å²) in [6.07, 6.45) is 2.52. The lowest BCUT2D eigenvalue weighted by molar-refractivity contribution is 0.322. The minimum Gasteiger partial charge on any atom is -0.493 e. The van der Waals surface area contributed by atoms with E-state index in [0.717, 1.165) is 17.7 Å². The van der Waals surface area contributed by atoms with Crippen molar-refractivity contribution in [3.63, 3.8) is 0 Å². The maximum atomic E-state index is 5.75. The van der Waals surface area contributed by atoms with E-state index >= 15 is 0 Å². The van der Waals surface area contributed by atoms with Crippen molar-refractivity contribution in [3.8, 4) is 5.75 Å². The first-order valence-electron chi connectivity index (χ1n) is 6.59. The molecule has 0 aliphatic heterocycles. The Morgan fingerprint density at radius 1 is 1.19 bits per heavy atom. The Morgan fingerprint density at radius 2 is 2.00 bits per heavy atom. The molecule has 0 aliphatic rings. The van der Waals surface area contributed by atoms with Crippen LogP contribution in [0, 0.1) is 0 Å². The topological polar surface area (TPSA) is 59.6 Å². The molecule has 0 radical (unpaired) electrons. The van der Waals surface area contributed by atoms with Crippen LogP contribution in [0.15, 0.2) is 59.7 Å². The zero-order chi connectivity index (χ0) is 14.9. The Kier molecular flexibility index (Phi) is 5.72. The van der Waals surface area contributed by atoms with Gasteiger partial charge in [-0.1, -0.05) is 42.5 Å². The minimum absolute atomic E-state index is 0.140. The van der Waals surface area contributed by atoms with Gasteiger partial charge in [-0.05, 0) is 35.5 Å². The first-order chi connectivity index (χ1) is 10.2. The molecule has 0 fully saturated rings. The molecule has 5 heteroatoms. The van der Waals surface area contributed by atoms with E-state index < -0.39 is 0 Å². The van der Waals surface area contributed by atoms with E-state index in [9.17, 15) is 0 Å². The molecule has 0 spiro atoms. The van der Waals surface area contributed by atoms with Crippen LogP contribution in [0.25, 0.3) is 0 Å². The number of nitrogens with zero attached hydrogens (tertiary/aromatic N) is 1. The third kappa shape index (κ3) is 5.62. The predicted molar refractivity (Wildman–Crippen MR) is 89.6 cm³/mol. The van der Waals surface area contributed by atoms with Gasteiger partial charge in [0.15, 0.2) is 5.11 Å². The molecule has 0 unspecified atom stereocenters.